The molecule has 0 unspecified atom stereocenters. The molecular formula is C11H14ClN3O2. The number of aromatic nitrogens is 2. The summed E-state index contributed by atoms with van der Waals surface area (Å²) in [5.41, 5.74) is 6.48. The SMILES string of the molecule is COc1ccc(Cc2noc(CN)n2)cc1.Cl. The summed E-state index contributed by atoms with van der Waals surface area (Å²) in [5, 5.41) is 3.83. The first-order valence-electron chi connectivity index (χ1n) is 4.96. The monoisotopic (exact) mass is 255 g/mol. The Morgan fingerprint density at radius 1 is 1.29 bits per heavy atom. The molecule has 0 aliphatic rings. The van der Waals surface area contributed by atoms with Crippen molar-refractivity contribution < 1.29 is 9.26 Å². The van der Waals surface area contributed by atoms with Crippen molar-refractivity contribution in [2.24, 2.45) is 5.73 Å². The third-order valence-electron chi connectivity index (χ3n) is 2.21. The molecule has 0 bridgehead atoms. The maximum atomic E-state index is 5.38. The van der Waals surface area contributed by atoms with E-state index < -0.39 is 0 Å². The average molecular weight is 256 g/mol. The van der Waals surface area contributed by atoms with E-state index in [0.717, 1.165) is 11.3 Å². The largest absolute Gasteiger partial charge is 0.497 e. The molecular weight excluding hydrogens is 242 g/mol. The van der Waals surface area contributed by atoms with Crippen LogP contribution in [0.5, 0.6) is 5.75 Å². The van der Waals surface area contributed by atoms with Crippen LogP contribution in [0, 0.1) is 0 Å². The highest BCUT2D eigenvalue weighted by Gasteiger charge is 2.05. The second-order valence-electron chi connectivity index (χ2n) is 3.33. The summed E-state index contributed by atoms with van der Waals surface area (Å²) in [5.74, 6) is 1.94. The minimum absolute atomic E-state index is 0. The Morgan fingerprint density at radius 3 is 2.53 bits per heavy atom. The van der Waals surface area contributed by atoms with Crippen LogP contribution < -0.4 is 10.5 Å². The number of benzene rings is 1. The van der Waals surface area contributed by atoms with E-state index in [1.165, 1.54) is 0 Å². The second-order valence-corrected chi connectivity index (χ2v) is 3.33. The summed E-state index contributed by atoms with van der Waals surface area (Å²) in [6.07, 6.45) is 0.632. The Labute approximate surface area is 105 Å². The van der Waals surface area contributed by atoms with Gasteiger partial charge in [-0.3, -0.25) is 0 Å². The lowest BCUT2D eigenvalue weighted by atomic mass is 10.1. The smallest absolute Gasteiger partial charge is 0.240 e. The van der Waals surface area contributed by atoms with Crippen molar-refractivity contribution in [3.63, 3.8) is 0 Å². The molecule has 0 amide bonds. The van der Waals surface area contributed by atoms with Gasteiger partial charge in [0.15, 0.2) is 5.82 Å². The lowest BCUT2D eigenvalue weighted by molar-refractivity contribution is 0.375. The highest BCUT2D eigenvalue weighted by molar-refractivity contribution is 5.85. The number of hydrogen-bond donors (Lipinski definition) is 1. The van der Waals surface area contributed by atoms with Crippen molar-refractivity contribution >= 4 is 12.4 Å². The zero-order valence-corrected chi connectivity index (χ0v) is 10.2. The van der Waals surface area contributed by atoms with Gasteiger partial charge in [0.25, 0.3) is 0 Å². The molecule has 6 heteroatoms. The highest BCUT2D eigenvalue weighted by atomic mass is 35.5. The first-order chi connectivity index (χ1) is 7.81. The van der Waals surface area contributed by atoms with Gasteiger partial charge in [0.2, 0.25) is 5.89 Å². The second kappa shape index (κ2) is 6.22. The molecule has 5 nitrogen and oxygen atoms in total. The van der Waals surface area contributed by atoms with E-state index >= 15 is 0 Å². The van der Waals surface area contributed by atoms with Crippen molar-refractivity contribution in [1.82, 2.24) is 10.1 Å². The van der Waals surface area contributed by atoms with Crippen molar-refractivity contribution in [2.75, 3.05) is 7.11 Å². The number of nitrogens with zero attached hydrogens (tertiary/aromatic N) is 2. The zero-order valence-electron chi connectivity index (χ0n) is 9.42. The minimum Gasteiger partial charge on any atom is -0.497 e. The van der Waals surface area contributed by atoms with Crippen LogP contribution in [0.1, 0.15) is 17.3 Å². The fraction of sp³-hybridized carbons (Fsp3) is 0.273. The van der Waals surface area contributed by atoms with Crippen LogP contribution in [0.4, 0.5) is 0 Å². The van der Waals surface area contributed by atoms with Gasteiger partial charge < -0.3 is 15.0 Å². The Kier molecular flexibility index (Phi) is 4.93. The molecule has 0 saturated carbocycles. The minimum atomic E-state index is 0. The molecule has 1 aromatic heterocycles. The fourth-order valence-electron chi connectivity index (χ4n) is 1.37. The Morgan fingerprint density at radius 2 is 2.00 bits per heavy atom. The van der Waals surface area contributed by atoms with Gasteiger partial charge in [0.05, 0.1) is 13.7 Å². The summed E-state index contributed by atoms with van der Waals surface area (Å²) < 4.78 is 9.99. The first-order valence-corrected chi connectivity index (χ1v) is 4.96. The predicted molar refractivity (Wildman–Crippen MR) is 65.2 cm³/mol. The normalized spacial score (nSPS) is 9.76. The van der Waals surface area contributed by atoms with E-state index in [9.17, 15) is 0 Å². The summed E-state index contributed by atoms with van der Waals surface area (Å²) in [6, 6.07) is 7.74. The van der Waals surface area contributed by atoms with E-state index in [2.05, 4.69) is 10.1 Å². The molecule has 1 aromatic carbocycles. The number of ether oxygens (including phenoxy) is 1. The van der Waals surface area contributed by atoms with Crippen molar-refractivity contribution in [3.8, 4) is 5.75 Å². The van der Waals surface area contributed by atoms with E-state index in [0.29, 0.717) is 18.1 Å². The Bertz CT molecular complexity index is 456. The van der Waals surface area contributed by atoms with Crippen LogP contribution in [0.3, 0.4) is 0 Å². The van der Waals surface area contributed by atoms with Crippen molar-refractivity contribution in [2.45, 2.75) is 13.0 Å². The third kappa shape index (κ3) is 3.44. The van der Waals surface area contributed by atoms with Gasteiger partial charge >= 0.3 is 0 Å². The molecule has 2 N–H and O–H groups in total. The van der Waals surface area contributed by atoms with Crippen LogP contribution in [0.2, 0.25) is 0 Å². The number of methoxy groups -OCH3 is 1. The van der Waals surface area contributed by atoms with Crippen LogP contribution >= 0.6 is 12.4 Å². The van der Waals surface area contributed by atoms with Crippen LogP contribution in [-0.4, -0.2) is 17.3 Å². The molecule has 0 fully saturated rings. The molecule has 2 rings (SSSR count). The summed E-state index contributed by atoms with van der Waals surface area (Å²) in [7, 11) is 1.64. The molecule has 0 spiro atoms. The summed E-state index contributed by atoms with van der Waals surface area (Å²) >= 11 is 0. The van der Waals surface area contributed by atoms with Gasteiger partial charge in [-0.25, -0.2) is 0 Å². The van der Waals surface area contributed by atoms with E-state index in [1.807, 2.05) is 24.3 Å². The zero-order chi connectivity index (χ0) is 11.4. The topological polar surface area (TPSA) is 74.2 Å². The highest BCUT2D eigenvalue weighted by Crippen LogP contribution is 2.13. The lowest BCUT2D eigenvalue weighted by Gasteiger charge is -2.00. The summed E-state index contributed by atoms with van der Waals surface area (Å²) in [6.45, 7) is 0.273. The Balaban J connectivity index is 0.00000144. The van der Waals surface area contributed by atoms with Crippen LogP contribution in [0.15, 0.2) is 28.8 Å². The third-order valence-corrected chi connectivity index (χ3v) is 2.21. The number of hydrogen-bond acceptors (Lipinski definition) is 5. The standard InChI is InChI=1S/C11H13N3O2.ClH/c1-15-9-4-2-8(3-5-9)6-10-13-11(7-12)16-14-10;/h2-5H,6-7,12H2,1H3;1H. The number of rotatable bonds is 4. The summed E-state index contributed by atoms with van der Waals surface area (Å²) in [4.78, 5) is 4.13. The number of halogens is 1. The molecule has 92 valence electrons. The molecule has 0 radical (unpaired) electrons. The molecule has 0 saturated heterocycles. The maximum absolute atomic E-state index is 5.38. The van der Waals surface area contributed by atoms with Crippen molar-refractivity contribution in [3.05, 3.63) is 41.5 Å². The van der Waals surface area contributed by atoms with Gasteiger partial charge in [-0.15, -0.1) is 12.4 Å². The quantitative estimate of drug-likeness (QED) is 0.897. The fourth-order valence-corrected chi connectivity index (χ4v) is 1.37. The lowest BCUT2D eigenvalue weighted by Crippen LogP contribution is -1.97. The maximum Gasteiger partial charge on any atom is 0.240 e. The van der Waals surface area contributed by atoms with Gasteiger partial charge in [0, 0.05) is 6.42 Å². The van der Waals surface area contributed by atoms with E-state index in [4.69, 9.17) is 15.0 Å². The Hall–Kier alpha value is -1.59. The molecule has 2 aromatic rings. The van der Waals surface area contributed by atoms with Gasteiger partial charge in [-0.2, -0.15) is 4.98 Å². The number of nitrogens with two attached hydrogens (primary N) is 1. The first kappa shape index (κ1) is 13.5. The van der Waals surface area contributed by atoms with E-state index in [1.54, 1.807) is 7.11 Å². The molecule has 0 aliphatic heterocycles. The van der Waals surface area contributed by atoms with Crippen LogP contribution in [0.25, 0.3) is 0 Å². The van der Waals surface area contributed by atoms with Crippen molar-refractivity contribution in [1.29, 1.82) is 0 Å². The molecule has 17 heavy (non-hydrogen) atoms. The van der Waals surface area contributed by atoms with Gasteiger partial charge in [-0.1, -0.05) is 17.3 Å². The van der Waals surface area contributed by atoms with Gasteiger partial charge in [0.1, 0.15) is 5.75 Å². The van der Waals surface area contributed by atoms with Gasteiger partial charge in [-0.05, 0) is 17.7 Å². The molecule has 0 aliphatic carbocycles. The molecule has 0 atom stereocenters. The molecule has 1 heterocycles. The van der Waals surface area contributed by atoms with Crippen LogP contribution in [-0.2, 0) is 13.0 Å². The average Bonchev–Trinajstić information content (AvgIpc) is 2.78. The van der Waals surface area contributed by atoms with E-state index in [-0.39, 0.29) is 19.0 Å². The predicted octanol–water partition coefficient (Wildman–Crippen LogP) is 1.55.